The molecule has 3 rings (SSSR count). The summed E-state index contributed by atoms with van der Waals surface area (Å²) in [4.78, 5) is 30.6. The molecule has 1 unspecified atom stereocenters. The number of oxime groups is 1. The van der Waals surface area contributed by atoms with E-state index in [2.05, 4.69) is 10.5 Å². The van der Waals surface area contributed by atoms with Gasteiger partial charge in [-0.15, -0.1) is 0 Å². The first kappa shape index (κ1) is 22.8. The molecule has 0 aromatic heterocycles. The third-order valence-electron chi connectivity index (χ3n) is 4.91. The molecule has 1 heterocycles. The Morgan fingerprint density at radius 3 is 2.66 bits per heavy atom. The zero-order valence-electron chi connectivity index (χ0n) is 18.3. The first-order chi connectivity index (χ1) is 15.4. The molecule has 0 fully saturated rings. The Labute approximate surface area is 186 Å². The Bertz CT molecular complexity index is 1060. The zero-order chi connectivity index (χ0) is 23.1. The molecule has 166 valence electrons. The third-order valence-corrected chi connectivity index (χ3v) is 4.91. The lowest BCUT2D eigenvalue weighted by atomic mass is 9.89. The number of carbonyl (C=O) groups excluding carboxylic acids is 2. The van der Waals surface area contributed by atoms with E-state index in [-0.39, 0.29) is 30.5 Å². The normalized spacial score (nSPS) is 17.2. The second-order valence-electron chi connectivity index (χ2n) is 7.75. The SMILES string of the molecule is COC(=O)C1(Cc2ccccc2)CC(CNC(=O)c2ccc(OC(C)C)c(C#N)c2)=NO1. The van der Waals surface area contributed by atoms with Crippen molar-refractivity contribution in [3.63, 3.8) is 0 Å². The smallest absolute Gasteiger partial charge is 0.353 e. The van der Waals surface area contributed by atoms with Crippen molar-refractivity contribution >= 4 is 17.6 Å². The second-order valence-corrected chi connectivity index (χ2v) is 7.75. The van der Waals surface area contributed by atoms with Crippen molar-refractivity contribution in [2.45, 2.75) is 38.4 Å². The molecule has 0 saturated carbocycles. The molecule has 0 saturated heterocycles. The predicted octanol–water partition coefficient (Wildman–Crippen LogP) is 3.01. The molecule has 0 aliphatic carbocycles. The topological polar surface area (TPSA) is 110 Å². The molecule has 1 aliphatic heterocycles. The van der Waals surface area contributed by atoms with Gasteiger partial charge in [-0.2, -0.15) is 5.26 Å². The molecule has 0 radical (unpaired) electrons. The summed E-state index contributed by atoms with van der Waals surface area (Å²) in [6.45, 7) is 3.81. The van der Waals surface area contributed by atoms with Crippen LogP contribution in [0.2, 0.25) is 0 Å². The van der Waals surface area contributed by atoms with Gasteiger partial charge in [0.1, 0.15) is 11.8 Å². The van der Waals surface area contributed by atoms with Crippen molar-refractivity contribution in [1.29, 1.82) is 5.26 Å². The molecule has 2 aromatic carbocycles. The van der Waals surface area contributed by atoms with Gasteiger partial charge in [0.15, 0.2) is 0 Å². The van der Waals surface area contributed by atoms with Crippen LogP contribution < -0.4 is 10.1 Å². The Morgan fingerprint density at radius 2 is 2.00 bits per heavy atom. The van der Waals surface area contributed by atoms with Gasteiger partial charge in [-0.1, -0.05) is 35.5 Å². The number of carbonyl (C=O) groups is 2. The predicted molar refractivity (Wildman–Crippen MR) is 117 cm³/mol. The molecule has 1 aliphatic rings. The van der Waals surface area contributed by atoms with Crippen molar-refractivity contribution in [2.24, 2.45) is 5.16 Å². The number of nitrogens with zero attached hydrogens (tertiary/aromatic N) is 2. The highest BCUT2D eigenvalue weighted by Gasteiger charge is 2.47. The lowest BCUT2D eigenvalue weighted by Gasteiger charge is -2.23. The summed E-state index contributed by atoms with van der Waals surface area (Å²) in [5.41, 5.74) is 0.757. The Balaban J connectivity index is 1.65. The van der Waals surface area contributed by atoms with Crippen molar-refractivity contribution in [3.05, 3.63) is 65.2 Å². The summed E-state index contributed by atoms with van der Waals surface area (Å²) < 4.78 is 10.5. The van der Waals surface area contributed by atoms with E-state index in [1.165, 1.54) is 13.2 Å². The van der Waals surface area contributed by atoms with E-state index in [4.69, 9.17) is 14.3 Å². The Morgan fingerprint density at radius 1 is 1.25 bits per heavy atom. The van der Waals surface area contributed by atoms with Crippen LogP contribution >= 0.6 is 0 Å². The third kappa shape index (κ3) is 5.24. The lowest BCUT2D eigenvalue weighted by molar-refractivity contribution is -0.166. The number of esters is 1. The number of methoxy groups -OCH3 is 1. The average molecular weight is 435 g/mol. The van der Waals surface area contributed by atoms with Gasteiger partial charge in [0.2, 0.25) is 5.60 Å². The Hall–Kier alpha value is -3.86. The van der Waals surface area contributed by atoms with Crippen LogP contribution in [0.1, 0.15) is 41.8 Å². The van der Waals surface area contributed by atoms with Gasteiger partial charge in [-0.05, 0) is 37.6 Å². The number of rotatable bonds is 8. The molecule has 1 atom stereocenters. The summed E-state index contributed by atoms with van der Waals surface area (Å²) in [5.74, 6) is -0.471. The molecule has 0 spiro atoms. The quantitative estimate of drug-likeness (QED) is 0.639. The standard InChI is InChI=1S/C24H25N3O5/c1-16(2)31-21-10-9-18(11-19(21)14-25)22(28)26-15-20-13-24(32-27-20,23(29)30-3)12-17-7-5-4-6-8-17/h4-11,16H,12-13,15H2,1-3H3,(H,26,28). The van der Waals surface area contributed by atoms with E-state index >= 15 is 0 Å². The highest BCUT2D eigenvalue weighted by Crippen LogP contribution is 2.30. The van der Waals surface area contributed by atoms with E-state index in [9.17, 15) is 14.9 Å². The molecule has 8 nitrogen and oxygen atoms in total. The highest BCUT2D eigenvalue weighted by molar-refractivity contribution is 6.00. The molecule has 0 bridgehead atoms. The monoisotopic (exact) mass is 435 g/mol. The minimum atomic E-state index is -1.26. The Kier molecular flexibility index (Phi) is 7.11. The maximum Gasteiger partial charge on any atom is 0.353 e. The van der Waals surface area contributed by atoms with Gasteiger partial charge < -0.3 is 19.6 Å². The second kappa shape index (κ2) is 9.96. The van der Waals surface area contributed by atoms with Crippen LogP contribution in [0.4, 0.5) is 0 Å². The van der Waals surface area contributed by atoms with Gasteiger partial charge >= 0.3 is 5.97 Å². The summed E-state index contributed by atoms with van der Waals surface area (Å²) in [6, 6.07) is 16.2. The summed E-state index contributed by atoms with van der Waals surface area (Å²) in [7, 11) is 1.30. The number of ether oxygens (including phenoxy) is 2. The largest absolute Gasteiger partial charge is 0.490 e. The van der Waals surface area contributed by atoms with Crippen molar-refractivity contribution < 1.29 is 23.9 Å². The minimum absolute atomic E-state index is 0.0897. The van der Waals surface area contributed by atoms with Crippen molar-refractivity contribution in [1.82, 2.24) is 5.32 Å². The van der Waals surface area contributed by atoms with Gasteiger partial charge in [0, 0.05) is 18.4 Å². The van der Waals surface area contributed by atoms with Crippen LogP contribution in [0.15, 0.2) is 53.7 Å². The average Bonchev–Trinajstić information content (AvgIpc) is 3.21. The maximum atomic E-state index is 12.6. The molecular weight excluding hydrogens is 410 g/mol. The van der Waals surface area contributed by atoms with Gasteiger partial charge in [-0.3, -0.25) is 4.79 Å². The minimum Gasteiger partial charge on any atom is -0.490 e. The molecule has 8 heteroatoms. The zero-order valence-corrected chi connectivity index (χ0v) is 18.3. The summed E-state index contributed by atoms with van der Waals surface area (Å²) in [5, 5.41) is 16.1. The molecule has 1 N–H and O–H groups in total. The van der Waals surface area contributed by atoms with Crippen LogP contribution in [0, 0.1) is 11.3 Å². The number of nitriles is 1. The van der Waals surface area contributed by atoms with Crippen LogP contribution in [0.5, 0.6) is 5.75 Å². The van der Waals surface area contributed by atoms with Crippen LogP contribution in [0.25, 0.3) is 0 Å². The fourth-order valence-electron chi connectivity index (χ4n) is 3.43. The number of nitrogens with one attached hydrogen (secondary N) is 1. The molecule has 32 heavy (non-hydrogen) atoms. The number of hydrogen-bond acceptors (Lipinski definition) is 7. The molecule has 1 amide bonds. The molecule has 2 aromatic rings. The molecular formula is C24H25N3O5. The maximum absolute atomic E-state index is 12.6. The van der Waals surface area contributed by atoms with Gasteiger partial charge in [0.05, 0.1) is 31.0 Å². The van der Waals surface area contributed by atoms with E-state index in [0.29, 0.717) is 23.4 Å². The fourth-order valence-corrected chi connectivity index (χ4v) is 3.43. The first-order valence-electron chi connectivity index (χ1n) is 10.2. The van der Waals surface area contributed by atoms with Gasteiger partial charge in [-0.25, -0.2) is 4.79 Å². The van der Waals surface area contributed by atoms with E-state index < -0.39 is 11.6 Å². The van der Waals surface area contributed by atoms with Crippen molar-refractivity contribution in [2.75, 3.05) is 13.7 Å². The van der Waals surface area contributed by atoms with E-state index in [0.717, 1.165) is 5.56 Å². The fraction of sp³-hybridized carbons (Fsp3) is 0.333. The van der Waals surface area contributed by atoms with Crippen LogP contribution in [-0.2, 0) is 20.8 Å². The number of amides is 1. The number of hydrogen-bond donors (Lipinski definition) is 1. The van der Waals surface area contributed by atoms with Gasteiger partial charge in [0.25, 0.3) is 5.91 Å². The van der Waals surface area contributed by atoms with Crippen LogP contribution in [0.3, 0.4) is 0 Å². The van der Waals surface area contributed by atoms with E-state index in [1.54, 1.807) is 12.1 Å². The lowest BCUT2D eigenvalue weighted by Crippen LogP contribution is -2.43. The summed E-state index contributed by atoms with van der Waals surface area (Å²) >= 11 is 0. The number of benzene rings is 2. The van der Waals surface area contributed by atoms with Crippen LogP contribution in [-0.4, -0.2) is 42.9 Å². The first-order valence-corrected chi connectivity index (χ1v) is 10.2. The summed E-state index contributed by atoms with van der Waals surface area (Å²) in [6.07, 6.45) is 0.400. The van der Waals surface area contributed by atoms with E-state index in [1.807, 2.05) is 50.2 Å². The highest BCUT2D eigenvalue weighted by atomic mass is 16.7. The van der Waals surface area contributed by atoms with Crippen molar-refractivity contribution in [3.8, 4) is 11.8 Å².